The van der Waals surface area contributed by atoms with Crippen LogP contribution in [0, 0.1) is 5.82 Å². The first-order valence-corrected chi connectivity index (χ1v) is 5.47. The van der Waals surface area contributed by atoms with E-state index in [0.717, 1.165) is 0 Å². The molecule has 1 aromatic heterocycles. The van der Waals surface area contributed by atoms with E-state index in [1.54, 1.807) is 16.8 Å². The Morgan fingerprint density at radius 1 is 1.53 bits per heavy atom. The number of hydrogen-bond donors (Lipinski definition) is 0. The number of rotatable bonds is 4. The van der Waals surface area contributed by atoms with Crippen LogP contribution in [0.2, 0.25) is 0 Å². The van der Waals surface area contributed by atoms with Crippen molar-refractivity contribution < 1.29 is 18.7 Å². The molecular formula is C13H11FN2O3. The van der Waals surface area contributed by atoms with Gasteiger partial charge in [0.25, 0.3) is 0 Å². The first-order chi connectivity index (χ1) is 9.13. The second-order valence-electron chi connectivity index (χ2n) is 3.89. The predicted molar refractivity (Wildman–Crippen MR) is 64.5 cm³/mol. The number of halogens is 1. The van der Waals surface area contributed by atoms with Gasteiger partial charge in [-0.25, -0.2) is 14.2 Å². The van der Waals surface area contributed by atoms with Gasteiger partial charge in [-0.3, -0.25) is 4.79 Å². The van der Waals surface area contributed by atoms with Crippen LogP contribution in [0.25, 0.3) is 0 Å². The molecule has 6 heteroatoms. The minimum atomic E-state index is -0.713. The number of ether oxygens (including phenoxy) is 1. The van der Waals surface area contributed by atoms with Crippen molar-refractivity contribution in [3.63, 3.8) is 0 Å². The van der Waals surface area contributed by atoms with Crippen molar-refractivity contribution in [3.05, 3.63) is 53.4 Å². The molecule has 2 aromatic rings. The van der Waals surface area contributed by atoms with Crippen molar-refractivity contribution in [2.24, 2.45) is 0 Å². The summed E-state index contributed by atoms with van der Waals surface area (Å²) >= 11 is 0. The number of imidazole rings is 1. The number of methoxy groups -OCH3 is 1. The minimum absolute atomic E-state index is 0.106. The molecule has 1 heterocycles. The Bertz CT molecular complexity index is 622. The normalized spacial score (nSPS) is 10.2. The molecule has 5 nitrogen and oxygen atoms in total. The molecule has 2 rings (SSSR count). The lowest BCUT2D eigenvalue weighted by Gasteiger charge is -2.05. The SMILES string of the molecule is COC(=O)c1ccc(Cn2cnc(C=O)c2)cc1F. The number of carbonyl (C=O) groups is 2. The molecular weight excluding hydrogens is 251 g/mol. The van der Waals surface area contributed by atoms with Crippen molar-refractivity contribution in [2.75, 3.05) is 7.11 Å². The van der Waals surface area contributed by atoms with E-state index in [-0.39, 0.29) is 5.56 Å². The molecule has 0 fully saturated rings. The van der Waals surface area contributed by atoms with Crippen LogP contribution in [0.5, 0.6) is 0 Å². The minimum Gasteiger partial charge on any atom is -0.465 e. The molecule has 0 amide bonds. The molecule has 0 N–H and O–H groups in total. The van der Waals surface area contributed by atoms with Crippen molar-refractivity contribution in [1.29, 1.82) is 0 Å². The Hall–Kier alpha value is -2.50. The number of aromatic nitrogens is 2. The van der Waals surface area contributed by atoms with Crippen LogP contribution in [0.4, 0.5) is 4.39 Å². The highest BCUT2D eigenvalue weighted by Crippen LogP contribution is 2.13. The van der Waals surface area contributed by atoms with Gasteiger partial charge in [0, 0.05) is 12.7 Å². The average Bonchev–Trinajstić information content (AvgIpc) is 2.86. The van der Waals surface area contributed by atoms with Crippen molar-refractivity contribution in [3.8, 4) is 0 Å². The number of nitrogens with zero attached hydrogens (tertiary/aromatic N) is 2. The van der Waals surface area contributed by atoms with E-state index in [1.807, 2.05) is 0 Å². The van der Waals surface area contributed by atoms with Crippen LogP contribution >= 0.6 is 0 Å². The highest BCUT2D eigenvalue weighted by Gasteiger charge is 2.12. The monoisotopic (exact) mass is 262 g/mol. The molecule has 19 heavy (non-hydrogen) atoms. The number of aldehydes is 1. The first kappa shape index (κ1) is 12.9. The second-order valence-corrected chi connectivity index (χ2v) is 3.89. The van der Waals surface area contributed by atoms with Gasteiger partial charge in [0.2, 0.25) is 0 Å². The first-order valence-electron chi connectivity index (χ1n) is 5.47. The summed E-state index contributed by atoms with van der Waals surface area (Å²) in [6.07, 6.45) is 3.67. The number of esters is 1. The van der Waals surface area contributed by atoms with Gasteiger partial charge in [0.05, 0.1) is 19.0 Å². The van der Waals surface area contributed by atoms with Crippen LogP contribution in [0.1, 0.15) is 26.4 Å². The Morgan fingerprint density at radius 3 is 2.89 bits per heavy atom. The third kappa shape index (κ3) is 2.85. The fourth-order valence-corrected chi connectivity index (χ4v) is 1.67. The van der Waals surface area contributed by atoms with Gasteiger partial charge < -0.3 is 9.30 Å². The molecule has 98 valence electrons. The fourth-order valence-electron chi connectivity index (χ4n) is 1.67. The lowest BCUT2D eigenvalue weighted by molar-refractivity contribution is 0.0595. The quantitative estimate of drug-likeness (QED) is 0.621. The molecule has 0 bridgehead atoms. The Balaban J connectivity index is 2.20. The molecule has 0 atom stereocenters. The summed E-state index contributed by atoms with van der Waals surface area (Å²) in [6, 6.07) is 4.25. The Morgan fingerprint density at radius 2 is 2.32 bits per heavy atom. The van der Waals surface area contributed by atoms with Crippen LogP contribution in [0.15, 0.2) is 30.7 Å². The number of benzene rings is 1. The van der Waals surface area contributed by atoms with E-state index >= 15 is 0 Å². The van der Waals surface area contributed by atoms with E-state index in [1.165, 1.54) is 25.6 Å². The largest absolute Gasteiger partial charge is 0.465 e. The van der Waals surface area contributed by atoms with Gasteiger partial charge in [-0.2, -0.15) is 0 Å². The summed E-state index contributed by atoms with van der Waals surface area (Å²) < 4.78 is 19.8. The molecule has 0 radical (unpaired) electrons. The summed E-state index contributed by atoms with van der Waals surface area (Å²) in [5.41, 5.74) is 0.858. The molecule has 0 aliphatic carbocycles. The maximum absolute atomic E-state index is 13.7. The average molecular weight is 262 g/mol. The lowest BCUT2D eigenvalue weighted by Crippen LogP contribution is -2.06. The third-order valence-corrected chi connectivity index (χ3v) is 2.58. The maximum atomic E-state index is 13.7. The van der Waals surface area contributed by atoms with Gasteiger partial charge in [-0.15, -0.1) is 0 Å². The van der Waals surface area contributed by atoms with Crippen molar-refractivity contribution >= 4 is 12.3 Å². The topological polar surface area (TPSA) is 61.2 Å². The number of hydrogen-bond acceptors (Lipinski definition) is 4. The van der Waals surface area contributed by atoms with Gasteiger partial charge in [0.1, 0.15) is 11.5 Å². The van der Waals surface area contributed by atoms with Gasteiger partial charge in [-0.1, -0.05) is 6.07 Å². The second kappa shape index (κ2) is 5.43. The van der Waals surface area contributed by atoms with E-state index < -0.39 is 11.8 Å². The van der Waals surface area contributed by atoms with Crippen LogP contribution in [0.3, 0.4) is 0 Å². The predicted octanol–water partition coefficient (Wildman–Crippen LogP) is 1.67. The Kier molecular flexibility index (Phi) is 3.70. The van der Waals surface area contributed by atoms with E-state index in [2.05, 4.69) is 9.72 Å². The zero-order chi connectivity index (χ0) is 13.8. The zero-order valence-electron chi connectivity index (χ0n) is 10.2. The smallest absolute Gasteiger partial charge is 0.340 e. The van der Waals surface area contributed by atoms with Crippen molar-refractivity contribution in [1.82, 2.24) is 9.55 Å². The third-order valence-electron chi connectivity index (χ3n) is 2.58. The van der Waals surface area contributed by atoms with Crippen LogP contribution in [-0.4, -0.2) is 28.9 Å². The number of carbonyl (C=O) groups excluding carboxylic acids is 2. The Labute approximate surface area is 108 Å². The highest BCUT2D eigenvalue weighted by molar-refractivity contribution is 5.89. The summed E-state index contributed by atoms with van der Waals surface area (Å²) in [5, 5.41) is 0. The van der Waals surface area contributed by atoms with E-state index in [0.29, 0.717) is 24.1 Å². The molecule has 0 aliphatic rings. The summed E-state index contributed by atoms with van der Waals surface area (Å²) in [7, 11) is 1.20. The van der Waals surface area contributed by atoms with E-state index in [9.17, 15) is 14.0 Å². The van der Waals surface area contributed by atoms with Crippen molar-refractivity contribution in [2.45, 2.75) is 6.54 Å². The molecule has 1 aromatic carbocycles. The highest BCUT2D eigenvalue weighted by atomic mass is 19.1. The van der Waals surface area contributed by atoms with Gasteiger partial charge >= 0.3 is 5.97 Å². The summed E-state index contributed by atoms with van der Waals surface area (Å²) in [4.78, 5) is 25.6. The van der Waals surface area contributed by atoms with Crippen LogP contribution in [-0.2, 0) is 11.3 Å². The fraction of sp³-hybridized carbons (Fsp3) is 0.154. The molecule has 0 aliphatic heterocycles. The molecule has 0 spiro atoms. The van der Waals surface area contributed by atoms with Gasteiger partial charge in [-0.05, 0) is 17.7 Å². The summed E-state index contributed by atoms with van der Waals surface area (Å²) in [6.45, 7) is 0.360. The van der Waals surface area contributed by atoms with Gasteiger partial charge in [0.15, 0.2) is 6.29 Å². The lowest BCUT2D eigenvalue weighted by atomic mass is 10.1. The molecule has 0 unspecified atom stereocenters. The maximum Gasteiger partial charge on any atom is 0.340 e. The van der Waals surface area contributed by atoms with E-state index in [4.69, 9.17) is 0 Å². The molecule has 0 saturated heterocycles. The zero-order valence-corrected chi connectivity index (χ0v) is 10.2. The standard InChI is InChI=1S/C13H11FN2O3/c1-19-13(18)11-3-2-9(4-12(11)14)5-16-6-10(7-17)15-8-16/h2-4,6-8H,5H2,1H3. The summed E-state index contributed by atoms with van der Waals surface area (Å²) in [5.74, 6) is -1.35. The molecule has 0 saturated carbocycles. The van der Waals surface area contributed by atoms with Crippen LogP contribution < -0.4 is 0 Å².